The summed E-state index contributed by atoms with van der Waals surface area (Å²) in [6.07, 6.45) is 6.44. The fourth-order valence-electron chi connectivity index (χ4n) is 3.26. The van der Waals surface area contributed by atoms with Gasteiger partial charge in [-0.2, -0.15) is 0 Å². The average Bonchev–Trinajstić information content (AvgIpc) is 3.21. The van der Waals surface area contributed by atoms with Crippen molar-refractivity contribution in [1.29, 1.82) is 0 Å². The number of nitrogens with zero attached hydrogens (tertiary/aromatic N) is 3. The second kappa shape index (κ2) is 7.24. The third kappa shape index (κ3) is 3.68. The van der Waals surface area contributed by atoms with Crippen molar-refractivity contribution in [3.8, 4) is 0 Å². The SMILES string of the molecule is CNS(=O)(=O)c1cc(C(=O)N2CCC(Cc3nccn3C)CC2)c(C)o1. The number of hydrogen-bond donors (Lipinski definition) is 1. The number of sulfonamides is 1. The van der Waals surface area contributed by atoms with Crippen LogP contribution in [0.1, 0.15) is 34.8 Å². The first-order valence-electron chi connectivity index (χ1n) is 8.61. The van der Waals surface area contributed by atoms with E-state index in [1.54, 1.807) is 18.0 Å². The van der Waals surface area contributed by atoms with E-state index in [-0.39, 0.29) is 11.0 Å². The van der Waals surface area contributed by atoms with Gasteiger partial charge in [0.2, 0.25) is 5.09 Å². The Morgan fingerprint density at radius 1 is 1.38 bits per heavy atom. The Hall–Kier alpha value is -2.13. The number of nitrogens with one attached hydrogen (secondary N) is 1. The van der Waals surface area contributed by atoms with Crippen LogP contribution in [0.25, 0.3) is 0 Å². The maximum Gasteiger partial charge on any atom is 0.273 e. The number of aromatic nitrogens is 2. The second-order valence-electron chi connectivity index (χ2n) is 6.64. The number of amides is 1. The molecule has 0 unspecified atom stereocenters. The van der Waals surface area contributed by atoms with Gasteiger partial charge in [-0.3, -0.25) is 4.79 Å². The Bertz CT molecular complexity index is 892. The molecule has 0 radical (unpaired) electrons. The molecule has 0 saturated carbocycles. The van der Waals surface area contributed by atoms with Crippen molar-refractivity contribution in [2.45, 2.75) is 31.3 Å². The van der Waals surface area contributed by atoms with Crippen LogP contribution in [-0.4, -0.2) is 48.9 Å². The van der Waals surface area contributed by atoms with Crippen LogP contribution in [0.3, 0.4) is 0 Å². The molecule has 2 aromatic rings. The number of hydrogen-bond acceptors (Lipinski definition) is 5. The topological polar surface area (TPSA) is 97.4 Å². The van der Waals surface area contributed by atoms with Crippen LogP contribution in [0.5, 0.6) is 0 Å². The number of imidazole rings is 1. The molecule has 1 N–H and O–H groups in total. The molecule has 3 heterocycles. The molecular formula is C17H24N4O4S. The fraction of sp³-hybridized carbons (Fsp3) is 0.529. The summed E-state index contributed by atoms with van der Waals surface area (Å²) < 4.78 is 33.2. The molecule has 26 heavy (non-hydrogen) atoms. The summed E-state index contributed by atoms with van der Waals surface area (Å²) in [6, 6.07) is 1.31. The van der Waals surface area contributed by atoms with Crippen LogP contribution in [0, 0.1) is 12.8 Å². The van der Waals surface area contributed by atoms with Crippen molar-refractivity contribution in [3.05, 3.63) is 35.6 Å². The fourth-order valence-corrected chi connectivity index (χ4v) is 3.97. The molecule has 0 atom stereocenters. The van der Waals surface area contributed by atoms with Crippen molar-refractivity contribution in [2.24, 2.45) is 13.0 Å². The van der Waals surface area contributed by atoms with Gasteiger partial charge < -0.3 is 13.9 Å². The Labute approximate surface area is 153 Å². The summed E-state index contributed by atoms with van der Waals surface area (Å²) in [4.78, 5) is 18.9. The van der Waals surface area contributed by atoms with E-state index >= 15 is 0 Å². The summed E-state index contributed by atoms with van der Waals surface area (Å²) in [5.41, 5.74) is 0.307. The smallest absolute Gasteiger partial charge is 0.273 e. The summed E-state index contributed by atoms with van der Waals surface area (Å²) in [7, 11) is -0.411. The quantitative estimate of drug-likeness (QED) is 0.844. The first-order valence-corrected chi connectivity index (χ1v) is 10.1. The van der Waals surface area contributed by atoms with Gasteiger partial charge in [0.15, 0.2) is 0 Å². The van der Waals surface area contributed by atoms with Gasteiger partial charge in [-0.1, -0.05) is 0 Å². The van der Waals surface area contributed by atoms with Gasteiger partial charge in [0.05, 0.1) is 5.56 Å². The molecule has 0 spiro atoms. The Balaban J connectivity index is 1.65. The zero-order valence-electron chi connectivity index (χ0n) is 15.2. The van der Waals surface area contributed by atoms with Crippen molar-refractivity contribution in [2.75, 3.05) is 20.1 Å². The molecular weight excluding hydrogens is 356 g/mol. The predicted octanol–water partition coefficient (Wildman–Crippen LogP) is 1.32. The van der Waals surface area contributed by atoms with E-state index in [4.69, 9.17) is 4.42 Å². The zero-order chi connectivity index (χ0) is 18.9. The van der Waals surface area contributed by atoms with E-state index in [0.29, 0.717) is 30.3 Å². The lowest BCUT2D eigenvalue weighted by Gasteiger charge is -2.31. The molecule has 3 rings (SSSR count). The molecule has 0 aromatic carbocycles. The predicted molar refractivity (Wildman–Crippen MR) is 95.2 cm³/mol. The number of aryl methyl sites for hydroxylation is 2. The van der Waals surface area contributed by atoms with Crippen LogP contribution in [-0.2, 0) is 23.5 Å². The molecule has 1 aliphatic rings. The average molecular weight is 380 g/mol. The maximum absolute atomic E-state index is 12.8. The van der Waals surface area contributed by atoms with Crippen LogP contribution in [0.15, 0.2) is 28.0 Å². The molecule has 8 nitrogen and oxygen atoms in total. The second-order valence-corrected chi connectivity index (χ2v) is 8.45. The first kappa shape index (κ1) is 18.7. The molecule has 0 bridgehead atoms. The Morgan fingerprint density at radius 3 is 2.65 bits per heavy atom. The van der Waals surface area contributed by atoms with Crippen molar-refractivity contribution >= 4 is 15.9 Å². The first-order chi connectivity index (χ1) is 12.3. The van der Waals surface area contributed by atoms with E-state index in [1.807, 2.05) is 17.8 Å². The van der Waals surface area contributed by atoms with Gasteiger partial charge in [0.25, 0.3) is 15.9 Å². The number of carbonyl (C=O) groups is 1. The molecule has 1 amide bonds. The van der Waals surface area contributed by atoms with E-state index in [9.17, 15) is 13.2 Å². The van der Waals surface area contributed by atoms with Crippen molar-refractivity contribution < 1.29 is 17.6 Å². The molecule has 1 saturated heterocycles. The third-order valence-corrected chi connectivity index (χ3v) is 6.22. The summed E-state index contributed by atoms with van der Waals surface area (Å²) >= 11 is 0. The number of likely N-dealkylation sites (tertiary alicyclic amines) is 1. The molecule has 142 valence electrons. The normalized spacial score (nSPS) is 16.2. The van der Waals surface area contributed by atoms with Gasteiger partial charge in [-0.25, -0.2) is 18.1 Å². The minimum atomic E-state index is -3.70. The molecule has 1 aliphatic heterocycles. The Kier molecular flexibility index (Phi) is 5.19. The molecule has 2 aromatic heterocycles. The summed E-state index contributed by atoms with van der Waals surface area (Å²) in [6.45, 7) is 2.90. The number of carbonyl (C=O) groups excluding carboxylic acids is 1. The van der Waals surface area contributed by atoms with Crippen LogP contribution in [0.2, 0.25) is 0 Å². The zero-order valence-corrected chi connectivity index (χ0v) is 16.0. The van der Waals surface area contributed by atoms with Crippen molar-refractivity contribution in [1.82, 2.24) is 19.2 Å². The summed E-state index contributed by atoms with van der Waals surface area (Å²) in [5.74, 6) is 1.69. The van der Waals surface area contributed by atoms with Crippen LogP contribution >= 0.6 is 0 Å². The number of furan rings is 1. The van der Waals surface area contributed by atoms with E-state index in [2.05, 4.69) is 9.71 Å². The van der Waals surface area contributed by atoms with Gasteiger partial charge in [-0.15, -0.1) is 0 Å². The molecule has 9 heteroatoms. The van der Waals surface area contributed by atoms with E-state index < -0.39 is 10.0 Å². The molecule has 0 aliphatic carbocycles. The van der Waals surface area contributed by atoms with Crippen molar-refractivity contribution in [3.63, 3.8) is 0 Å². The Morgan fingerprint density at radius 2 is 2.08 bits per heavy atom. The minimum absolute atomic E-state index is 0.181. The highest BCUT2D eigenvalue weighted by atomic mass is 32.2. The number of rotatable bonds is 5. The van der Waals surface area contributed by atoms with Crippen LogP contribution < -0.4 is 4.72 Å². The highest BCUT2D eigenvalue weighted by Crippen LogP contribution is 2.25. The highest BCUT2D eigenvalue weighted by Gasteiger charge is 2.28. The lowest BCUT2D eigenvalue weighted by Crippen LogP contribution is -2.39. The standard InChI is InChI=1S/C17H24N4O4S/c1-12-14(11-16(25-12)26(23,24)18-2)17(22)21-7-4-13(5-8-21)10-15-19-6-9-20(15)3/h6,9,11,13,18H,4-5,7-8,10H2,1-3H3. The lowest BCUT2D eigenvalue weighted by molar-refractivity contribution is 0.0688. The number of piperidine rings is 1. The molecule has 1 fully saturated rings. The van der Waals surface area contributed by atoms with Gasteiger partial charge in [0.1, 0.15) is 11.6 Å². The minimum Gasteiger partial charge on any atom is -0.448 e. The summed E-state index contributed by atoms with van der Waals surface area (Å²) in [5, 5.41) is -0.231. The van der Waals surface area contributed by atoms with E-state index in [1.165, 1.54) is 13.1 Å². The monoisotopic (exact) mass is 380 g/mol. The third-order valence-electron chi connectivity index (χ3n) is 4.95. The maximum atomic E-state index is 12.8. The van der Waals surface area contributed by atoms with E-state index in [0.717, 1.165) is 25.1 Å². The largest absolute Gasteiger partial charge is 0.448 e. The van der Waals surface area contributed by atoms with Gasteiger partial charge in [0, 0.05) is 45.0 Å². The lowest BCUT2D eigenvalue weighted by atomic mass is 9.93. The van der Waals surface area contributed by atoms with Crippen LogP contribution in [0.4, 0.5) is 0 Å². The van der Waals surface area contributed by atoms with Gasteiger partial charge in [-0.05, 0) is 32.7 Å². The van der Waals surface area contributed by atoms with Gasteiger partial charge >= 0.3 is 0 Å². The highest BCUT2D eigenvalue weighted by molar-refractivity contribution is 7.89.